The molecule has 0 spiro atoms. The minimum atomic E-state index is -3.63. The summed E-state index contributed by atoms with van der Waals surface area (Å²) < 4.78 is 27.8. The first kappa shape index (κ1) is 19.0. The molecule has 8 heteroatoms. The summed E-state index contributed by atoms with van der Waals surface area (Å²) in [6.45, 7) is 3.64. The van der Waals surface area contributed by atoms with Crippen molar-refractivity contribution in [1.29, 1.82) is 0 Å². The molecule has 7 nitrogen and oxygen atoms in total. The molecule has 0 bridgehead atoms. The van der Waals surface area contributed by atoms with Crippen molar-refractivity contribution in [3.05, 3.63) is 40.2 Å². The molecule has 1 aromatic heterocycles. The molecule has 0 saturated carbocycles. The van der Waals surface area contributed by atoms with E-state index >= 15 is 0 Å². The van der Waals surface area contributed by atoms with E-state index < -0.39 is 10.0 Å². The van der Waals surface area contributed by atoms with Crippen LogP contribution >= 0.6 is 0 Å². The molecule has 3 N–H and O–H groups in total. The molecule has 1 aromatic carbocycles. The minimum absolute atomic E-state index is 0.106. The Balaban J connectivity index is 1.72. The first-order chi connectivity index (χ1) is 12.4. The third kappa shape index (κ3) is 4.15. The number of aliphatic hydroxyl groups is 1. The normalized spacial score (nSPS) is 19.1. The lowest BCUT2D eigenvalue weighted by atomic mass is 10.0. The third-order valence-corrected chi connectivity index (χ3v) is 6.44. The zero-order valence-corrected chi connectivity index (χ0v) is 15.7. The zero-order chi connectivity index (χ0) is 18.7. The molecule has 1 aliphatic rings. The van der Waals surface area contributed by atoms with Crippen molar-refractivity contribution in [3.8, 4) is 0 Å². The second kappa shape index (κ2) is 7.87. The average Bonchev–Trinajstić information content (AvgIpc) is 2.61. The van der Waals surface area contributed by atoms with E-state index in [2.05, 4.69) is 14.6 Å². The second-order valence-corrected chi connectivity index (χ2v) is 8.56. The Morgan fingerprint density at radius 3 is 2.88 bits per heavy atom. The quantitative estimate of drug-likeness (QED) is 0.694. The number of likely N-dealkylation sites (tertiary alicyclic amines) is 1. The van der Waals surface area contributed by atoms with E-state index in [0.29, 0.717) is 24.0 Å². The topological polar surface area (TPSA) is 102 Å². The predicted octanol–water partition coefficient (Wildman–Crippen LogP) is 0.962. The lowest BCUT2D eigenvalue weighted by Crippen LogP contribution is -2.45. The number of piperidine rings is 1. The number of hydrogen-bond donors (Lipinski definition) is 3. The van der Waals surface area contributed by atoms with Gasteiger partial charge in [0.05, 0.1) is 11.5 Å². The van der Waals surface area contributed by atoms with Crippen LogP contribution < -0.4 is 10.3 Å². The molecule has 26 heavy (non-hydrogen) atoms. The molecule has 0 amide bonds. The molecule has 1 saturated heterocycles. The van der Waals surface area contributed by atoms with Gasteiger partial charge in [0.15, 0.2) is 0 Å². The number of pyridine rings is 1. The monoisotopic (exact) mass is 379 g/mol. The van der Waals surface area contributed by atoms with Crippen LogP contribution in [-0.4, -0.2) is 55.7 Å². The van der Waals surface area contributed by atoms with Crippen molar-refractivity contribution in [3.63, 3.8) is 0 Å². The zero-order valence-electron chi connectivity index (χ0n) is 14.9. The number of sulfonamides is 1. The van der Waals surface area contributed by atoms with Gasteiger partial charge in [0.1, 0.15) is 0 Å². The number of rotatable bonds is 6. The Bertz CT molecular complexity index is 939. The predicted molar refractivity (Wildman–Crippen MR) is 101 cm³/mol. The fraction of sp³-hybridized carbons (Fsp3) is 0.500. The summed E-state index contributed by atoms with van der Waals surface area (Å²) in [6, 6.07) is 6.27. The Morgan fingerprint density at radius 1 is 1.31 bits per heavy atom. The number of hydrogen-bond acceptors (Lipinski definition) is 5. The summed E-state index contributed by atoms with van der Waals surface area (Å²) in [4.78, 5) is 16.5. The number of aromatic amines is 1. The van der Waals surface area contributed by atoms with Gasteiger partial charge in [-0.15, -0.1) is 0 Å². The smallest absolute Gasteiger partial charge is 0.248 e. The van der Waals surface area contributed by atoms with Crippen molar-refractivity contribution in [2.45, 2.75) is 37.1 Å². The number of nitrogens with zero attached hydrogens (tertiary/aromatic N) is 1. The minimum Gasteiger partial charge on any atom is -0.395 e. The highest BCUT2D eigenvalue weighted by atomic mass is 32.2. The molecule has 0 unspecified atom stereocenters. The van der Waals surface area contributed by atoms with E-state index in [4.69, 9.17) is 0 Å². The third-order valence-electron chi connectivity index (χ3n) is 4.98. The van der Waals surface area contributed by atoms with Gasteiger partial charge in [0, 0.05) is 36.1 Å². The Hall–Kier alpha value is -1.74. The van der Waals surface area contributed by atoms with Gasteiger partial charge in [-0.05, 0) is 50.1 Å². The van der Waals surface area contributed by atoms with Gasteiger partial charge >= 0.3 is 0 Å². The van der Waals surface area contributed by atoms with E-state index in [1.54, 1.807) is 19.1 Å². The van der Waals surface area contributed by atoms with E-state index in [9.17, 15) is 18.3 Å². The van der Waals surface area contributed by atoms with Crippen LogP contribution in [0.1, 0.15) is 24.8 Å². The van der Waals surface area contributed by atoms with Crippen LogP contribution in [0, 0.1) is 6.92 Å². The molecule has 1 aliphatic heterocycles. The number of aryl methyl sites for hydroxylation is 1. The summed E-state index contributed by atoms with van der Waals surface area (Å²) >= 11 is 0. The molecule has 2 aromatic rings. The average molecular weight is 379 g/mol. The SMILES string of the molecule is Cc1cc(=O)[nH]c2ccc(S(=O)(=O)NCCN3CCCC[C@H]3CO)cc12. The van der Waals surface area contributed by atoms with Crippen LogP contribution in [0.25, 0.3) is 10.9 Å². The Kier molecular flexibility index (Phi) is 5.76. The Labute approximate surface area is 153 Å². The van der Waals surface area contributed by atoms with Crippen molar-refractivity contribution < 1.29 is 13.5 Å². The van der Waals surface area contributed by atoms with Gasteiger partial charge in [0.2, 0.25) is 15.6 Å². The number of benzene rings is 1. The standard InChI is InChI=1S/C18H25N3O4S/c1-13-10-18(23)20-17-6-5-15(11-16(13)17)26(24,25)19-7-9-21-8-3-2-4-14(21)12-22/h5-6,10-11,14,19,22H,2-4,7-9,12H2,1H3,(H,20,23)/t14-/m0/s1. The molecular weight excluding hydrogens is 354 g/mol. The van der Waals surface area contributed by atoms with Crippen LogP contribution in [0.5, 0.6) is 0 Å². The van der Waals surface area contributed by atoms with Gasteiger partial charge < -0.3 is 10.1 Å². The second-order valence-electron chi connectivity index (χ2n) is 6.79. The van der Waals surface area contributed by atoms with Gasteiger partial charge in [-0.1, -0.05) is 6.42 Å². The van der Waals surface area contributed by atoms with Gasteiger partial charge in [-0.25, -0.2) is 13.1 Å². The molecule has 1 fully saturated rings. The lowest BCUT2D eigenvalue weighted by molar-refractivity contribution is 0.0923. The van der Waals surface area contributed by atoms with E-state index in [0.717, 1.165) is 31.4 Å². The summed E-state index contributed by atoms with van der Waals surface area (Å²) in [5.41, 5.74) is 1.15. The van der Waals surface area contributed by atoms with Crippen molar-refractivity contribution >= 4 is 20.9 Å². The molecule has 2 heterocycles. The van der Waals surface area contributed by atoms with Crippen LogP contribution in [0.15, 0.2) is 34.0 Å². The molecular formula is C18H25N3O4S. The van der Waals surface area contributed by atoms with Gasteiger partial charge in [0.25, 0.3) is 0 Å². The first-order valence-electron chi connectivity index (χ1n) is 8.89. The maximum absolute atomic E-state index is 12.6. The number of aliphatic hydroxyl groups excluding tert-OH is 1. The van der Waals surface area contributed by atoms with E-state index in [1.807, 2.05) is 0 Å². The summed E-state index contributed by atoms with van der Waals surface area (Å²) in [7, 11) is -3.63. The maximum Gasteiger partial charge on any atom is 0.248 e. The maximum atomic E-state index is 12.6. The highest BCUT2D eigenvalue weighted by Gasteiger charge is 2.22. The molecule has 0 aliphatic carbocycles. The summed E-state index contributed by atoms with van der Waals surface area (Å²) in [5, 5.41) is 10.2. The fourth-order valence-corrected chi connectivity index (χ4v) is 4.58. The van der Waals surface area contributed by atoms with Crippen molar-refractivity contribution in [2.75, 3.05) is 26.2 Å². The molecule has 3 rings (SSSR count). The van der Waals surface area contributed by atoms with E-state index in [-0.39, 0.29) is 23.1 Å². The Morgan fingerprint density at radius 2 is 2.12 bits per heavy atom. The first-order valence-corrected chi connectivity index (χ1v) is 10.4. The van der Waals surface area contributed by atoms with Gasteiger partial charge in [-0.3, -0.25) is 9.69 Å². The van der Waals surface area contributed by atoms with Gasteiger partial charge in [-0.2, -0.15) is 0 Å². The molecule has 142 valence electrons. The lowest BCUT2D eigenvalue weighted by Gasteiger charge is -2.34. The number of aromatic nitrogens is 1. The van der Waals surface area contributed by atoms with Crippen LogP contribution in [0.2, 0.25) is 0 Å². The number of H-pyrrole nitrogens is 1. The van der Waals surface area contributed by atoms with Crippen LogP contribution in [-0.2, 0) is 10.0 Å². The largest absolute Gasteiger partial charge is 0.395 e. The molecule has 1 atom stereocenters. The summed E-state index contributed by atoms with van der Waals surface area (Å²) in [6.07, 6.45) is 3.13. The number of nitrogens with one attached hydrogen (secondary N) is 2. The fourth-order valence-electron chi connectivity index (χ4n) is 3.54. The molecule has 0 radical (unpaired) electrons. The number of fused-ring (bicyclic) bond motifs is 1. The van der Waals surface area contributed by atoms with Crippen LogP contribution in [0.4, 0.5) is 0 Å². The highest BCUT2D eigenvalue weighted by Crippen LogP contribution is 2.20. The van der Waals surface area contributed by atoms with Crippen molar-refractivity contribution in [1.82, 2.24) is 14.6 Å². The summed E-state index contributed by atoms with van der Waals surface area (Å²) in [5.74, 6) is 0. The van der Waals surface area contributed by atoms with Crippen molar-refractivity contribution in [2.24, 2.45) is 0 Å². The van der Waals surface area contributed by atoms with Crippen LogP contribution in [0.3, 0.4) is 0 Å². The van der Waals surface area contributed by atoms with E-state index in [1.165, 1.54) is 12.1 Å². The highest BCUT2D eigenvalue weighted by molar-refractivity contribution is 7.89.